The number of thiophene rings is 1. The predicted molar refractivity (Wildman–Crippen MR) is 143 cm³/mol. The number of fused-ring (bicyclic) bond motifs is 3. The van der Waals surface area contributed by atoms with E-state index in [1.54, 1.807) is 41.8 Å². The van der Waals surface area contributed by atoms with Crippen molar-refractivity contribution in [2.75, 3.05) is 11.1 Å². The second-order valence-corrected chi connectivity index (χ2v) is 11.7. The first-order chi connectivity index (χ1) is 17.4. The summed E-state index contributed by atoms with van der Waals surface area (Å²) in [5, 5.41) is 12.0. The molecule has 0 saturated carbocycles. The van der Waals surface area contributed by atoms with E-state index < -0.39 is 9.84 Å². The Hall–Kier alpha value is -4.02. The number of anilines is 1. The van der Waals surface area contributed by atoms with Crippen molar-refractivity contribution in [2.45, 2.75) is 18.2 Å². The van der Waals surface area contributed by atoms with Crippen molar-refractivity contribution >= 4 is 65.1 Å². The molecule has 3 aromatic heterocycles. The number of imidazole rings is 1. The Morgan fingerprint density at radius 2 is 1.92 bits per heavy atom. The number of nitrogens with one attached hydrogen (secondary N) is 3. The van der Waals surface area contributed by atoms with Gasteiger partial charge in [0.1, 0.15) is 0 Å². The van der Waals surface area contributed by atoms with E-state index in [1.807, 2.05) is 25.1 Å². The predicted octanol–water partition coefficient (Wildman–Crippen LogP) is 5.76. The smallest absolute Gasteiger partial charge is 0.258 e. The molecular weight excluding hydrogens is 494 g/mol. The van der Waals surface area contributed by atoms with Crippen LogP contribution in [0.5, 0.6) is 0 Å². The molecule has 0 atom stereocenters. The highest BCUT2D eigenvalue weighted by molar-refractivity contribution is 7.91. The molecule has 0 aliphatic heterocycles. The third-order valence-corrected chi connectivity index (χ3v) is 9.09. The molecule has 0 aliphatic carbocycles. The molecule has 36 heavy (non-hydrogen) atoms. The molecule has 3 aromatic carbocycles. The second-order valence-electron chi connectivity index (χ2n) is 8.54. The molecular formula is C26H21N5O3S2. The van der Waals surface area contributed by atoms with Crippen LogP contribution in [0.15, 0.2) is 71.8 Å². The van der Waals surface area contributed by atoms with Crippen molar-refractivity contribution in [3.05, 3.63) is 72.4 Å². The minimum atomic E-state index is -3.36. The highest BCUT2D eigenvalue weighted by Gasteiger charge is 2.18. The largest absolute Gasteiger partial charge is 0.324 e. The summed E-state index contributed by atoms with van der Waals surface area (Å²) < 4.78 is 26.0. The third kappa shape index (κ3) is 3.94. The Morgan fingerprint density at radius 1 is 1.06 bits per heavy atom. The number of carbonyl (C=O) groups excluding carboxylic acids is 1. The van der Waals surface area contributed by atoms with E-state index in [2.05, 4.69) is 43.7 Å². The SMILES string of the molecule is CCCS(=O)(=O)c1ccc2nc(NC(=O)c3cc(-c4cc5ccccc5s4)c4[nH]ncc4c3)[nH]c2c1. The number of H-pyrrole nitrogens is 2. The van der Waals surface area contributed by atoms with E-state index in [0.29, 0.717) is 23.0 Å². The van der Waals surface area contributed by atoms with Gasteiger partial charge in [-0.2, -0.15) is 5.10 Å². The lowest BCUT2D eigenvalue weighted by Crippen LogP contribution is -2.13. The van der Waals surface area contributed by atoms with Crippen LogP contribution in [0.2, 0.25) is 0 Å². The molecule has 1 amide bonds. The zero-order valence-electron chi connectivity index (χ0n) is 19.2. The topological polar surface area (TPSA) is 121 Å². The maximum atomic E-state index is 13.2. The van der Waals surface area contributed by atoms with Gasteiger partial charge in [-0.15, -0.1) is 11.3 Å². The summed E-state index contributed by atoms with van der Waals surface area (Å²) in [7, 11) is -3.36. The number of sulfone groups is 1. The second kappa shape index (κ2) is 8.58. The Labute approximate surface area is 210 Å². The number of aromatic nitrogens is 4. The molecule has 6 aromatic rings. The zero-order chi connectivity index (χ0) is 24.9. The van der Waals surface area contributed by atoms with Crippen LogP contribution in [0.4, 0.5) is 5.95 Å². The fraction of sp³-hybridized carbons (Fsp3) is 0.115. The van der Waals surface area contributed by atoms with Crippen LogP contribution in [0.1, 0.15) is 23.7 Å². The molecule has 6 rings (SSSR count). The molecule has 0 unspecified atom stereocenters. The van der Waals surface area contributed by atoms with Crippen LogP contribution in [0, 0.1) is 0 Å². The molecule has 180 valence electrons. The van der Waals surface area contributed by atoms with Gasteiger partial charge in [0, 0.05) is 26.1 Å². The number of benzene rings is 3. The van der Waals surface area contributed by atoms with Crippen LogP contribution in [0.25, 0.3) is 42.5 Å². The fourth-order valence-corrected chi connectivity index (χ4v) is 6.74. The van der Waals surface area contributed by atoms with Crippen molar-refractivity contribution in [1.82, 2.24) is 20.2 Å². The maximum Gasteiger partial charge on any atom is 0.258 e. The first-order valence-corrected chi connectivity index (χ1v) is 13.9. The normalized spacial score (nSPS) is 12.0. The average molecular weight is 516 g/mol. The van der Waals surface area contributed by atoms with Crippen molar-refractivity contribution in [2.24, 2.45) is 0 Å². The summed E-state index contributed by atoms with van der Waals surface area (Å²) >= 11 is 1.66. The lowest BCUT2D eigenvalue weighted by Gasteiger charge is -2.06. The molecule has 0 bridgehead atoms. The van der Waals surface area contributed by atoms with E-state index >= 15 is 0 Å². The van der Waals surface area contributed by atoms with Crippen LogP contribution in [0.3, 0.4) is 0 Å². The Balaban J connectivity index is 1.34. The number of carbonyl (C=O) groups is 1. The zero-order valence-corrected chi connectivity index (χ0v) is 20.8. The summed E-state index contributed by atoms with van der Waals surface area (Å²) in [4.78, 5) is 21.9. The van der Waals surface area contributed by atoms with Crippen molar-refractivity contribution < 1.29 is 13.2 Å². The van der Waals surface area contributed by atoms with E-state index in [0.717, 1.165) is 31.4 Å². The summed E-state index contributed by atoms with van der Waals surface area (Å²) in [6, 6.07) is 18.6. The lowest BCUT2D eigenvalue weighted by molar-refractivity contribution is 0.102. The lowest BCUT2D eigenvalue weighted by atomic mass is 10.0. The monoisotopic (exact) mass is 515 g/mol. The Bertz CT molecular complexity index is 1850. The van der Waals surface area contributed by atoms with Gasteiger partial charge in [-0.25, -0.2) is 13.4 Å². The van der Waals surface area contributed by atoms with Gasteiger partial charge in [-0.1, -0.05) is 25.1 Å². The standard InChI is InChI=1S/C26H21N5O3S2/c1-2-9-36(33,34)18-7-8-20-21(13-18)29-26(28-20)30-25(32)16-10-17-14-27-31-24(17)19(11-16)23-12-15-5-3-4-6-22(15)35-23/h3-8,10-14H,2,9H2,1H3,(H,27,31)(H2,28,29,30,32). The number of amides is 1. The number of nitrogens with zero attached hydrogens (tertiary/aromatic N) is 2. The molecule has 0 aliphatic rings. The van der Waals surface area contributed by atoms with Crippen molar-refractivity contribution in [3.8, 4) is 10.4 Å². The van der Waals surface area contributed by atoms with Gasteiger partial charge in [0.2, 0.25) is 5.95 Å². The summed E-state index contributed by atoms with van der Waals surface area (Å²) in [5.74, 6) is -0.0106. The van der Waals surface area contributed by atoms with Gasteiger partial charge < -0.3 is 4.98 Å². The maximum absolute atomic E-state index is 13.2. The molecule has 3 N–H and O–H groups in total. The first kappa shape index (κ1) is 22.4. The molecule has 0 spiro atoms. The van der Waals surface area contributed by atoms with E-state index in [9.17, 15) is 13.2 Å². The Kier molecular flexibility index (Phi) is 5.35. The van der Waals surface area contributed by atoms with Gasteiger partial charge in [-0.05, 0) is 54.3 Å². The van der Waals surface area contributed by atoms with E-state index in [4.69, 9.17) is 0 Å². The van der Waals surface area contributed by atoms with Crippen LogP contribution < -0.4 is 5.32 Å². The van der Waals surface area contributed by atoms with Crippen molar-refractivity contribution in [3.63, 3.8) is 0 Å². The molecule has 0 fully saturated rings. The van der Waals surface area contributed by atoms with E-state index in [-0.39, 0.29) is 22.5 Å². The van der Waals surface area contributed by atoms with Gasteiger partial charge in [0.15, 0.2) is 9.84 Å². The summed E-state index contributed by atoms with van der Waals surface area (Å²) in [5.41, 5.74) is 3.33. The third-order valence-electron chi connectivity index (χ3n) is 6.02. The van der Waals surface area contributed by atoms with Crippen molar-refractivity contribution in [1.29, 1.82) is 0 Å². The number of hydrogen-bond donors (Lipinski definition) is 3. The van der Waals surface area contributed by atoms with Crippen LogP contribution in [-0.4, -0.2) is 40.2 Å². The molecule has 3 heterocycles. The Morgan fingerprint density at radius 3 is 2.75 bits per heavy atom. The van der Waals surface area contributed by atoms with Gasteiger partial charge in [-0.3, -0.25) is 15.2 Å². The average Bonchev–Trinajstić information content (AvgIpc) is 3.59. The highest BCUT2D eigenvalue weighted by Crippen LogP contribution is 2.37. The summed E-state index contributed by atoms with van der Waals surface area (Å²) in [6.45, 7) is 1.83. The van der Waals surface area contributed by atoms with Gasteiger partial charge >= 0.3 is 0 Å². The minimum absolute atomic E-state index is 0.0782. The molecule has 0 radical (unpaired) electrons. The minimum Gasteiger partial charge on any atom is -0.324 e. The van der Waals surface area contributed by atoms with Gasteiger partial charge in [0.25, 0.3) is 5.91 Å². The molecule has 8 nitrogen and oxygen atoms in total. The quantitative estimate of drug-likeness (QED) is 0.261. The number of aromatic amines is 2. The fourth-order valence-electron chi connectivity index (χ4n) is 4.31. The molecule has 10 heteroatoms. The van der Waals surface area contributed by atoms with E-state index in [1.165, 1.54) is 0 Å². The highest BCUT2D eigenvalue weighted by atomic mass is 32.2. The van der Waals surface area contributed by atoms with Crippen LogP contribution in [-0.2, 0) is 9.84 Å². The first-order valence-electron chi connectivity index (χ1n) is 11.4. The van der Waals surface area contributed by atoms with Gasteiger partial charge in [0.05, 0.1) is 33.4 Å². The number of rotatable bonds is 6. The number of hydrogen-bond acceptors (Lipinski definition) is 6. The molecule has 0 saturated heterocycles. The summed E-state index contributed by atoms with van der Waals surface area (Å²) in [6.07, 6.45) is 2.23. The van der Waals surface area contributed by atoms with Crippen LogP contribution >= 0.6 is 11.3 Å².